The van der Waals surface area contributed by atoms with Crippen LogP contribution >= 0.6 is 0 Å². The zero-order valence-corrected chi connectivity index (χ0v) is 16.1. The molecule has 0 aromatic heterocycles. The van der Waals surface area contributed by atoms with Crippen LogP contribution < -0.4 is 19.7 Å². The molecule has 0 radical (unpaired) electrons. The van der Waals surface area contributed by atoms with Crippen molar-refractivity contribution in [1.29, 1.82) is 0 Å². The largest absolute Gasteiger partial charge is 0.493 e. The Morgan fingerprint density at radius 1 is 1.21 bits per heavy atom. The van der Waals surface area contributed by atoms with Gasteiger partial charge in [-0.25, -0.2) is 0 Å². The van der Waals surface area contributed by atoms with Gasteiger partial charge in [0.25, 0.3) is 0 Å². The molecule has 1 aliphatic heterocycles. The number of methoxy groups -OCH3 is 1. The molecule has 2 aromatic rings. The van der Waals surface area contributed by atoms with Crippen LogP contribution in [0, 0.1) is 0 Å². The Kier molecular flexibility index (Phi) is 6.32. The maximum Gasteiger partial charge on any atom is 0.248 e. The minimum atomic E-state index is -0.252. The smallest absolute Gasteiger partial charge is 0.248 e. The zero-order valence-electron chi connectivity index (χ0n) is 16.1. The van der Waals surface area contributed by atoms with Gasteiger partial charge in [-0.15, -0.1) is 0 Å². The summed E-state index contributed by atoms with van der Waals surface area (Å²) in [4.78, 5) is 25.9. The van der Waals surface area contributed by atoms with Crippen molar-refractivity contribution >= 4 is 29.3 Å². The number of carbonyl (C=O) groups is 2. The Labute approximate surface area is 164 Å². The van der Waals surface area contributed by atoms with E-state index in [9.17, 15) is 9.59 Å². The van der Waals surface area contributed by atoms with Crippen LogP contribution in [0.15, 0.2) is 48.5 Å². The number of nitrogens with one attached hydrogen (secondary N) is 1. The number of amides is 2. The van der Waals surface area contributed by atoms with E-state index < -0.39 is 0 Å². The molecule has 2 amide bonds. The minimum Gasteiger partial charge on any atom is -0.493 e. The third kappa shape index (κ3) is 4.71. The number of carbonyl (C=O) groups excluding carboxylic acids is 2. The summed E-state index contributed by atoms with van der Waals surface area (Å²) in [6.45, 7) is 3.18. The van der Waals surface area contributed by atoms with Crippen LogP contribution in [0.3, 0.4) is 0 Å². The summed E-state index contributed by atoms with van der Waals surface area (Å²) < 4.78 is 10.8. The van der Waals surface area contributed by atoms with Crippen LogP contribution in [0.25, 0.3) is 6.08 Å². The molecule has 1 fully saturated rings. The molecule has 0 atom stereocenters. The van der Waals surface area contributed by atoms with Crippen LogP contribution in [0.4, 0.5) is 11.4 Å². The van der Waals surface area contributed by atoms with Gasteiger partial charge in [-0.3, -0.25) is 9.59 Å². The van der Waals surface area contributed by atoms with Crippen LogP contribution in [-0.2, 0) is 9.59 Å². The molecule has 0 aliphatic carbocycles. The molecule has 1 heterocycles. The lowest BCUT2D eigenvalue weighted by Gasteiger charge is -2.16. The molecule has 6 nitrogen and oxygen atoms in total. The third-order valence-corrected chi connectivity index (χ3v) is 4.41. The molecule has 146 valence electrons. The Hall–Kier alpha value is -3.28. The highest BCUT2D eigenvalue weighted by molar-refractivity contribution is 6.02. The van der Waals surface area contributed by atoms with Gasteiger partial charge in [-0.2, -0.15) is 0 Å². The number of ether oxygens (including phenoxy) is 2. The van der Waals surface area contributed by atoms with Gasteiger partial charge in [0, 0.05) is 30.4 Å². The van der Waals surface area contributed by atoms with E-state index >= 15 is 0 Å². The van der Waals surface area contributed by atoms with Crippen molar-refractivity contribution in [3.63, 3.8) is 0 Å². The molecule has 0 spiro atoms. The fraction of sp³-hybridized carbons (Fsp3) is 0.273. The highest BCUT2D eigenvalue weighted by Gasteiger charge is 2.21. The van der Waals surface area contributed by atoms with E-state index in [4.69, 9.17) is 9.47 Å². The van der Waals surface area contributed by atoms with Crippen molar-refractivity contribution in [2.45, 2.75) is 19.8 Å². The molecule has 0 saturated carbocycles. The number of anilines is 2. The number of benzene rings is 2. The SMILES string of the molecule is CCOc1ccc(C=CC(=O)Nc2cccc(N3CCCC3=O)c2)cc1OC. The summed E-state index contributed by atoms with van der Waals surface area (Å²) in [5, 5.41) is 2.83. The molecule has 0 unspecified atom stereocenters. The second kappa shape index (κ2) is 9.08. The average molecular weight is 380 g/mol. The van der Waals surface area contributed by atoms with Crippen molar-refractivity contribution in [3.05, 3.63) is 54.1 Å². The molecule has 0 bridgehead atoms. The number of rotatable bonds is 7. The molecule has 2 aromatic carbocycles. The number of hydrogen-bond donors (Lipinski definition) is 1. The second-order valence-electron chi connectivity index (χ2n) is 6.37. The molecule has 28 heavy (non-hydrogen) atoms. The Morgan fingerprint density at radius 3 is 2.79 bits per heavy atom. The zero-order chi connectivity index (χ0) is 19.9. The van der Waals surface area contributed by atoms with E-state index in [1.165, 1.54) is 6.08 Å². The van der Waals surface area contributed by atoms with Gasteiger partial charge in [-0.05, 0) is 55.3 Å². The normalized spacial score (nSPS) is 13.8. The maximum atomic E-state index is 12.3. The lowest BCUT2D eigenvalue weighted by molar-refractivity contribution is -0.117. The van der Waals surface area contributed by atoms with E-state index in [0.717, 1.165) is 24.2 Å². The first-order valence-electron chi connectivity index (χ1n) is 9.31. The standard InChI is InChI=1S/C22H24N2O4/c1-3-28-19-11-9-16(14-20(19)27-2)10-12-21(25)23-17-6-4-7-18(15-17)24-13-5-8-22(24)26/h4,6-7,9-12,14-15H,3,5,8,13H2,1-2H3,(H,23,25). The second-order valence-corrected chi connectivity index (χ2v) is 6.37. The fourth-order valence-electron chi connectivity index (χ4n) is 3.09. The van der Waals surface area contributed by atoms with Gasteiger partial charge in [-0.1, -0.05) is 12.1 Å². The van der Waals surface area contributed by atoms with Gasteiger partial charge in [0.05, 0.1) is 13.7 Å². The van der Waals surface area contributed by atoms with E-state index in [2.05, 4.69) is 5.32 Å². The van der Waals surface area contributed by atoms with Gasteiger partial charge in [0.1, 0.15) is 0 Å². The van der Waals surface area contributed by atoms with Crippen molar-refractivity contribution in [2.75, 3.05) is 30.5 Å². The van der Waals surface area contributed by atoms with Crippen LogP contribution in [0.5, 0.6) is 11.5 Å². The van der Waals surface area contributed by atoms with E-state index in [1.54, 1.807) is 24.2 Å². The molecule has 1 saturated heterocycles. The Balaban J connectivity index is 1.66. The highest BCUT2D eigenvalue weighted by Crippen LogP contribution is 2.28. The predicted molar refractivity (Wildman–Crippen MR) is 110 cm³/mol. The van der Waals surface area contributed by atoms with Crippen molar-refractivity contribution in [2.24, 2.45) is 0 Å². The summed E-state index contributed by atoms with van der Waals surface area (Å²) in [5.74, 6) is 1.15. The first kappa shape index (κ1) is 19.5. The fourth-order valence-corrected chi connectivity index (χ4v) is 3.09. The predicted octanol–water partition coefficient (Wildman–Crippen LogP) is 3.87. The Morgan fingerprint density at radius 2 is 2.07 bits per heavy atom. The van der Waals surface area contributed by atoms with Crippen molar-refractivity contribution in [1.82, 2.24) is 0 Å². The van der Waals surface area contributed by atoms with Crippen LogP contribution in [0.1, 0.15) is 25.3 Å². The van der Waals surface area contributed by atoms with Gasteiger partial charge < -0.3 is 19.7 Å². The highest BCUT2D eigenvalue weighted by atomic mass is 16.5. The van der Waals surface area contributed by atoms with E-state index in [-0.39, 0.29) is 11.8 Å². The molecular weight excluding hydrogens is 356 g/mol. The quantitative estimate of drug-likeness (QED) is 0.741. The molecule has 3 rings (SSSR count). The van der Waals surface area contributed by atoms with Crippen LogP contribution in [0.2, 0.25) is 0 Å². The van der Waals surface area contributed by atoms with Gasteiger partial charge in [0.2, 0.25) is 11.8 Å². The van der Waals surface area contributed by atoms with E-state index in [1.807, 2.05) is 43.3 Å². The number of nitrogens with zero attached hydrogens (tertiary/aromatic N) is 1. The number of hydrogen-bond acceptors (Lipinski definition) is 4. The molecular formula is C22H24N2O4. The maximum absolute atomic E-state index is 12.3. The topological polar surface area (TPSA) is 67.9 Å². The first-order valence-corrected chi connectivity index (χ1v) is 9.31. The summed E-state index contributed by atoms with van der Waals surface area (Å²) in [7, 11) is 1.58. The molecule has 1 N–H and O–H groups in total. The summed E-state index contributed by atoms with van der Waals surface area (Å²) >= 11 is 0. The summed E-state index contributed by atoms with van der Waals surface area (Å²) in [6.07, 6.45) is 4.61. The van der Waals surface area contributed by atoms with E-state index in [0.29, 0.717) is 30.2 Å². The lowest BCUT2D eigenvalue weighted by atomic mass is 10.2. The third-order valence-electron chi connectivity index (χ3n) is 4.41. The van der Waals surface area contributed by atoms with Gasteiger partial charge in [0.15, 0.2) is 11.5 Å². The summed E-state index contributed by atoms with van der Waals surface area (Å²) in [5.41, 5.74) is 2.28. The van der Waals surface area contributed by atoms with Crippen molar-refractivity contribution in [3.8, 4) is 11.5 Å². The average Bonchev–Trinajstić information content (AvgIpc) is 3.13. The molecule has 6 heteroatoms. The Bertz CT molecular complexity index is 892. The monoisotopic (exact) mass is 380 g/mol. The summed E-state index contributed by atoms with van der Waals surface area (Å²) in [6, 6.07) is 12.8. The van der Waals surface area contributed by atoms with Gasteiger partial charge >= 0.3 is 0 Å². The molecule has 1 aliphatic rings. The van der Waals surface area contributed by atoms with Crippen molar-refractivity contribution < 1.29 is 19.1 Å². The minimum absolute atomic E-state index is 0.118. The lowest BCUT2D eigenvalue weighted by Crippen LogP contribution is -2.23. The van der Waals surface area contributed by atoms with Crippen LogP contribution in [-0.4, -0.2) is 32.1 Å². The first-order chi connectivity index (χ1) is 13.6.